The smallest absolute Gasteiger partial charge is 0.290 e. The van der Waals surface area contributed by atoms with E-state index in [-0.39, 0.29) is 27.5 Å². The second-order valence-corrected chi connectivity index (χ2v) is 12.7. The summed E-state index contributed by atoms with van der Waals surface area (Å²) >= 11 is 12.8. The molecule has 0 spiro atoms. The largest absolute Gasteiger partial charge is 0.303 e. The van der Waals surface area contributed by atoms with Gasteiger partial charge in [0.05, 0.1) is 37.7 Å². The number of amides is 3. The Bertz CT molecular complexity index is 1690. The Morgan fingerprint density at radius 3 is 2.28 bits per heavy atom. The third kappa shape index (κ3) is 5.29. The zero-order valence-electron chi connectivity index (χ0n) is 20.6. The molecule has 2 heterocycles. The molecule has 0 aromatic heterocycles. The van der Waals surface area contributed by atoms with Gasteiger partial charge in [0.2, 0.25) is 0 Å². The fraction of sp³-hybridized carbons (Fsp3) is 0.148. The third-order valence-electron chi connectivity index (χ3n) is 6.30. The molecular formula is C27H21Cl2N3O5S2. The van der Waals surface area contributed by atoms with Crippen molar-refractivity contribution >= 4 is 79.0 Å². The van der Waals surface area contributed by atoms with Crippen molar-refractivity contribution in [3.8, 4) is 0 Å². The molecular weight excluding hydrogens is 581 g/mol. The van der Waals surface area contributed by atoms with E-state index in [9.17, 15) is 22.8 Å². The minimum atomic E-state index is -4.05. The van der Waals surface area contributed by atoms with E-state index >= 15 is 0 Å². The fourth-order valence-electron chi connectivity index (χ4n) is 4.30. The highest BCUT2D eigenvalue weighted by molar-refractivity contribution is 8.18. The van der Waals surface area contributed by atoms with E-state index in [2.05, 4.69) is 10.0 Å². The monoisotopic (exact) mass is 601 g/mol. The number of anilines is 2. The van der Waals surface area contributed by atoms with Gasteiger partial charge in [-0.05, 0) is 71.3 Å². The Hall–Kier alpha value is -3.31. The first kappa shape index (κ1) is 27.3. The lowest BCUT2D eigenvalue weighted by Crippen LogP contribution is -2.26. The maximum atomic E-state index is 13.6. The lowest BCUT2D eigenvalue weighted by Gasteiger charge is -2.18. The molecule has 0 bridgehead atoms. The SMILES string of the molecule is CC(C)c1ccc(NS(=O)(=O)c2ccc3c(c2)/C(=C2/SC(=O)NC2=O)C(=O)N3Cc2ccc(Cl)c(Cl)c2)cc1. The van der Waals surface area contributed by atoms with Crippen molar-refractivity contribution in [3.05, 3.63) is 92.3 Å². The number of fused-ring (bicyclic) bond motifs is 1. The molecule has 1 fully saturated rings. The number of carbonyl (C=O) groups excluding carboxylic acids is 3. The van der Waals surface area contributed by atoms with E-state index in [0.717, 1.165) is 5.56 Å². The van der Waals surface area contributed by atoms with E-state index in [0.29, 0.717) is 44.7 Å². The zero-order chi connectivity index (χ0) is 28.1. The fourth-order valence-corrected chi connectivity index (χ4v) is 6.48. The summed E-state index contributed by atoms with van der Waals surface area (Å²) in [5, 5.41) is 2.21. The Labute approximate surface area is 239 Å². The van der Waals surface area contributed by atoms with Gasteiger partial charge in [0.15, 0.2) is 0 Å². The molecule has 3 amide bonds. The third-order valence-corrected chi connectivity index (χ3v) is 9.29. The average Bonchev–Trinajstić information content (AvgIpc) is 3.35. The van der Waals surface area contributed by atoms with Gasteiger partial charge in [0.1, 0.15) is 0 Å². The molecule has 0 saturated carbocycles. The zero-order valence-corrected chi connectivity index (χ0v) is 23.8. The van der Waals surface area contributed by atoms with Crippen LogP contribution >= 0.6 is 35.0 Å². The van der Waals surface area contributed by atoms with Crippen LogP contribution in [0.2, 0.25) is 10.0 Å². The van der Waals surface area contributed by atoms with Gasteiger partial charge in [-0.3, -0.25) is 24.4 Å². The molecule has 0 radical (unpaired) electrons. The van der Waals surface area contributed by atoms with Crippen molar-refractivity contribution < 1.29 is 22.8 Å². The lowest BCUT2D eigenvalue weighted by atomic mass is 10.0. The van der Waals surface area contributed by atoms with Crippen LogP contribution in [0, 0.1) is 0 Å². The van der Waals surface area contributed by atoms with Gasteiger partial charge in [0.25, 0.3) is 27.1 Å². The number of thioether (sulfide) groups is 1. The molecule has 0 atom stereocenters. The van der Waals surface area contributed by atoms with Gasteiger partial charge in [-0.25, -0.2) is 8.42 Å². The molecule has 2 aliphatic rings. The Balaban J connectivity index is 1.56. The second-order valence-electron chi connectivity index (χ2n) is 9.25. The van der Waals surface area contributed by atoms with Crippen molar-refractivity contribution in [1.82, 2.24) is 5.32 Å². The van der Waals surface area contributed by atoms with Gasteiger partial charge in [-0.2, -0.15) is 0 Å². The van der Waals surface area contributed by atoms with E-state index in [1.807, 2.05) is 26.0 Å². The molecule has 3 aromatic rings. The number of rotatable bonds is 6. The summed E-state index contributed by atoms with van der Waals surface area (Å²) in [5.74, 6) is -0.969. The molecule has 12 heteroatoms. The van der Waals surface area contributed by atoms with Crippen LogP contribution in [0.5, 0.6) is 0 Å². The standard InChI is InChI=1S/C27H21Cl2N3O5S2/c1-14(2)16-4-6-17(7-5-16)31-39(36,37)18-8-10-22-19(12-18)23(24-25(33)30-27(35)38-24)26(34)32(22)13-15-3-9-20(28)21(29)11-15/h3-12,14,31H,13H2,1-2H3,(H,30,33,35)/b24-23-. The highest BCUT2D eigenvalue weighted by atomic mass is 35.5. The first-order chi connectivity index (χ1) is 18.4. The van der Waals surface area contributed by atoms with Crippen LogP contribution in [0.1, 0.15) is 36.5 Å². The van der Waals surface area contributed by atoms with Crippen LogP contribution < -0.4 is 14.9 Å². The number of imide groups is 1. The van der Waals surface area contributed by atoms with Crippen LogP contribution in [-0.4, -0.2) is 25.5 Å². The normalized spacial score (nSPS) is 17.2. The van der Waals surface area contributed by atoms with Crippen LogP contribution in [0.15, 0.2) is 70.5 Å². The van der Waals surface area contributed by atoms with Gasteiger partial charge < -0.3 is 4.90 Å². The minimum absolute atomic E-state index is 0.0447. The summed E-state index contributed by atoms with van der Waals surface area (Å²) in [7, 11) is -4.05. The van der Waals surface area contributed by atoms with E-state index in [4.69, 9.17) is 23.2 Å². The molecule has 200 valence electrons. The Kier molecular flexibility index (Phi) is 7.23. The lowest BCUT2D eigenvalue weighted by molar-refractivity contribution is -0.116. The van der Waals surface area contributed by atoms with Crippen LogP contribution in [0.4, 0.5) is 16.2 Å². The predicted molar refractivity (Wildman–Crippen MR) is 153 cm³/mol. The summed E-state index contributed by atoms with van der Waals surface area (Å²) in [6, 6.07) is 16.2. The van der Waals surface area contributed by atoms with Crippen molar-refractivity contribution in [2.24, 2.45) is 0 Å². The number of carbonyl (C=O) groups is 3. The minimum Gasteiger partial charge on any atom is -0.303 e. The summed E-state index contributed by atoms with van der Waals surface area (Å²) in [5.41, 5.74) is 2.68. The predicted octanol–water partition coefficient (Wildman–Crippen LogP) is 6.16. The summed E-state index contributed by atoms with van der Waals surface area (Å²) in [6.45, 7) is 4.16. The average molecular weight is 603 g/mol. The molecule has 8 nitrogen and oxygen atoms in total. The van der Waals surface area contributed by atoms with Gasteiger partial charge in [-0.15, -0.1) is 0 Å². The van der Waals surface area contributed by atoms with Crippen LogP contribution in [-0.2, 0) is 26.2 Å². The van der Waals surface area contributed by atoms with Crippen LogP contribution in [0.25, 0.3) is 5.57 Å². The van der Waals surface area contributed by atoms with Crippen molar-refractivity contribution in [1.29, 1.82) is 0 Å². The topological polar surface area (TPSA) is 113 Å². The number of nitrogens with zero attached hydrogens (tertiary/aromatic N) is 1. The second kappa shape index (κ2) is 10.3. The first-order valence-corrected chi connectivity index (χ1v) is 14.8. The highest BCUT2D eigenvalue weighted by Gasteiger charge is 2.40. The maximum Gasteiger partial charge on any atom is 0.290 e. The first-order valence-electron chi connectivity index (χ1n) is 11.7. The van der Waals surface area contributed by atoms with Gasteiger partial charge in [0, 0.05) is 11.3 Å². The molecule has 0 aliphatic carbocycles. The molecule has 1 saturated heterocycles. The highest BCUT2D eigenvalue weighted by Crippen LogP contribution is 2.44. The molecule has 39 heavy (non-hydrogen) atoms. The number of nitrogens with one attached hydrogen (secondary N) is 2. The number of benzene rings is 3. The molecule has 2 N–H and O–H groups in total. The molecule has 2 aliphatic heterocycles. The number of halogens is 2. The summed E-state index contributed by atoms with van der Waals surface area (Å²) < 4.78 is 29.2. The van der Waals surface area contributed by atoms with E-state index in [1.54, 1.807) is 30.3 Å². The molecule has 5 rings (SSSR count). The molecule has 3 aromatic carbocycles. The molecule has 0 unspecified atom stereocenters. The van der Waals surface area contributed by atoms with Crippen molar-refractivity contribution in [2.45, 2.75) is 31.2 Å². The van der Waals surface area contributed by atoms with Gasteiger partial charge in [-0.1, -0.05) is 55.2 Å². The number of sulfonamides is 1. The maximum absolute atomic E-state index is 13.6. The van der Waals surface area contributed by atoms with E-state index < -0.39 is 27.1 Å². The quantitative estimate of drug-likeness (QED) is 0.327. The number of hydrogen-bond acceptors (Lipinski definition) is 6. The Morgan fingerprint density at radius 1 is 0.949 bits per heavy atom. The summed E-state index contributed by atoms with van der Waals surface area (Å²) in [6.07, 6.45) is 0. The van der Waals surface area contributed by atoms with Crippen molar-refractivity contribution in [2.75, 3.05) is 9.62 Å². The van der Waals surface area contributed by atoms with Crippen molar-refractivity contribution in [3.63, 3.8) is 0 Å². The van der Waals surface area contributed by atoms with Crippen LogP contribution in [0.3, 0.4) is 0 Å². The Morgan fingerprint density at radius 2 is 1.67 bits per heavy atom. The summed E-state index contributed by atoms with van der Waals surface area (Å²) in [4.78, 5) is 39.3. The van der Waals surface area contributed by atoms with Gasteiger partial charge >= 0.3 is 0 Å². The van der Waals surface area contributed by atoms with E-state index in [1.165, 1.54) is 23.1 Å². The number of hydrogen-bond donors (Lipinski definition) is 2.